The van der Waals surface area contributed by atoms with Crippen molar-refractivity contribution in [3.63, 3.8) is 0 Å². The lowest BCUT2D eigenvalue weighted by Crippen LogP contribution is -2.53. The number of guanidine groups is 1. The molecule has 30 heavy (non-hydrogen) atoms. The molecule has 0 radical (unpaired) electrons. The van der Waals surface area contributed by atoms with Crippen LogP contribution in [0.3, 0.4) is 0 Å². The lowest BCUT2D eigenvalue weighted by Gasteiger charge is -2.36. The van der Waals surface area contributed by atoms with Crippen LogP contribution in [0.4, 0.5) is 8.78 Å². The van der Waals surface area contributed by atoms with Crippen molar-refractivity contribution in [2.24, 2.45) is 4.99 Å². The van der Waals surface area contributed by atoms with Crippen LogP contribution >= 0.6 is 0 Å². The number of halogens is 2. The van der Waals surface area contributed by atoms with E-state index in [4.69, 9.17) is 9.15 Å². The molecule has 0 aliphatic carbocycles. The molecule has 162 valence electrons. The van der Waals surface area contributed by atoms with E-state index in [1.807, 2.05) is 4.90 Å². The van der Waals surface area contributed by atoms with E-state index in [1.165, 1.54) is 19.4 Å². The number of ether oxygens (including phenoxy) is 2. The molecule has 1 aliphatic rings. The zero-order chi connectivity index (χ0) is 21.5. The highest BCUT2D eigenvalue weighted by Crippen LogP contribution is 2.29. The number of aliphatic imine (C=N–C) groups is 1. The number of benzene rings is 1. The number of carbonyl (C=O) groups excluding carboxylic acids is 1. The van der Waals surface area contributed by atoms with Gasteiger partial charge in [0.1, 0.15) is 0 Å². The Morgan fingerprint density at radius 2 is 1.93 bits per heavy atom. The zero-order valence-electron chi connectivity index (χ0n) is 16.8. The van der Waals surface area contributed by atoms with Crippen molar-refractivity contribution in [1.29, 1.82) is 0 Å². The van der Waals surface area contributed by atoms with Crippen LogP contribution in [0.15, 0.2) is 46.0 Å². The smallest absolute Gasteiger partial charge is 0.387 e. The van der Waals surface area contributed by atoms with Crippen LogP contribution in [0.5, 0.6) is 11.5 Å². The average molecular weight is 422 g/mol. The minimum atomic E-state index is -2.94. The first-order chi connectivity index (χ1) is 14.5. The second kappa shape index (κ2) is 9.95. The van der Waals surface area contributed by atoms with Crippen molar-refractivity contribution < 1.29 is 27.5 Å². The number of rotatable bonds is 6. The van der Waals surface area contributed by atoms with Crippen LogP contribution in [0, 0.1) is 0 Å². The van der Waals surface area contributed by atoms with Gasteiger partial charge < -0.3 is 29.0 Å². The van der Waals surface area contributed by atoms with E-state index < -0.39 is 6.61 Å². The number of nitrogens with zero attached hydrogens (tertiary/aromatic N) is 3. The molecule has 1 aliphatic heterocycles. The highest BCUT2D eigenvalue weighted by Gasteiger charge is 2.25. The molecule has 1 aromatic heterocycles. The monoisotopic (exact) mass is 422 g/mol. The SMILES string of the molecule is CN=C(NCc1ccc(OC)c(OC(F)F)c1)N1CCN(C(=O)c2ccco2)CC1. The molecule has 1 saturated heterocycles. The molecule has 1 N–H and O–H groups in total. The predicted octanol–water partition coefficient (Wildman–Crippen LogP) is 2.42. The van der Waals surface area contributed by atoms with E-state index in [0.29, 0.717) is 44.4 Å². The summed E-state index contributed by atoms with van der Waals surface area (Å²) in [7, 11) is 3.06. The number of alkyl halides is 2. The number of piperazine rings is 1. The Balaban J connectivity index is 1.56. The van der Waals surface area contributed by atoms with Crippen molar-refractivity contribution in [1.82, 2.24) is 15.1 Å². The molecular formula is C20H24F2N4O4. The Kier molecular flexibility index (Phi) is 7.10. The van der Waals surface area contributed by atoms with Crippen LogP contribution in [-0.2, 0) is 6.54 Å². The van der Waals surface area contributed by atoms with Crippen LogP contribution in [0.1, 0.15) is 16.1 Å². The van der Waals surface area contributed by atoms with Crippen LogP contribution in [-0.4, -0.2) is 68.6 Å². The van der Waals surface area contributed by atoms with Crippen molar-refractivity contribution in [3.8, 4) is 11.5 Å². The van der Waals surface area contributed by atoms with Gasteiger partial charge in [-0.1, -0.05) is 6.07 Å². The Bertz CT molecular complexity index is 866. The Morgan fingerprint density at radius 3 is 2.53 bits per heavy atom. The molecule has 2 heterocycles. The summed E-state index contributed by atoms with van der Waals surface area (Å²) in [4.78, 5) is 20.4. The van der Waals surface area contributed by atoms with Crippen LogP contribution in [0.25, 0.3) is 0 Å². The van der Waals surface area contributed by atoms with Gasteiger partial charge in [0.2, 0.25) is 0 Å². The zero-order valence-corrected chi connectivity index (χ0v) is 16.8. The molecule has 1 amide bonds. The number of methoxy groups -OCH3 is 1. The maximum Gasteiger partial charge on any atom is 0.387 e. The molecule has 2 aromatic rings. The topological polar surface area (TPSA) is 79.5 Å². The van der Waals surface area contributed by atoms with E-state index in [1.54, 1.807) is 36.2 Å². The largest absolute Gasteiger partial charge is 0.493 e. The Morgan fingerprint density at radius 1 is 1.20 bits per heavy atom. The second-order valence-corrected chi connectivity index (χ2v) is 6.52. The van der Waals surface area contributed by atoms with Crippen LogP contribution in [0.2, 0.25) is 0 Å². The minimum absolute atomic E-state index is 0.0214. The van der Waals surface area contributed by atoms with E-state index in [-0.39, 0.29) is 17.4 Å². The van der Waals surface area contributed by atoms with Crippen molar-refractivity contribution in [2.45, 2.75) is 13.2 Å². The van der Waals surface area contributed by atoms with E-state index in [9.17, 15) is 13.6 Å². The predicted molar refractivity (Wildman–Crippen MR) is 106 cm³/mol. The molecule has 0 saturated carbocycles. The third-order valence-electron chi connectivity index (χ3n) is 4.70. The molecule has 8 nitrogen and oxygen atoms in total. The normalized spacial score (nSPS) is 14.8. The first-order valence-electron chi connectivity index (χ1n) is 9.42. The van der Waals surface area contributed by atoms with Gasteiger partial charge in [0, 0.05) is 39.8 Å². The third kappa shape index (κ3) is 5.19. The molecule has 0 atom stereocenters. The molecule has 1 fully saturated rings. The standard InChI is InChI=1S/C20H24F2N4O4/c1-23-20(24-13-14-5-6-15(28-2)17(12-14)30-19(21)22)26-9-7-25(8-10-26)18(27)16-4-3-11-29-16/h3-6,11-12,19H,7-10,13H2,1-2H3,(H,23,24). The summed E-state index contributed by atoms with van der Waals surface area (Å²) >= 11 is 0. The molecule has 0 unspecified atom stereocenters. The summed E-state index contributed by atoms with van der Waals surface area (Å²) in [6, 6.07) is 8.18. The number of nitrogens with one attached hydrogen (secondary N) is 1. The first-order valence-corrected chi connectivity index (χ1v) is 9.42. The third-order valence-corrected chi connectivity index (χ3v) is 4.70. The summed E-state index contributed by atoms with van der Waals surface area (Å²) in [5, 5.41) is 3.22. The Labute approximate surface area is 173 Å². The molecular weight excluding hydrogens is 398 g/mol. The highest BCUT2D eigenvalue weighted by atomic mass is 19.3. The molecule has 0 bridgehead atoms. The fourth-order valence-electron chi connectivity index (χ4n) is 3.21. The number of hydrogen-bond acceptors (Lipinski definition) is 5. The number of carbonyl (C=O) groups is 1. The van der Waals surface area contributed by atoms with E-state index in [0.717, 1.165) is 5.56 Å². The van der Waals surface area contributed by atoms with Crippen LogP contribution < -0.4 is 14.8 Å². The van der Waals surface area contributed by atoms with E-state index in [2.05, 4.69) is 15.0 Å². The van der Waals surface area contributed by atoms with Gasteiger partial charge >= 0.3 is 6.61 Å². The van der Waals surface area contributed by atoms with Crippen molar-refractivity contribution in [3.05, 3.63) is 47.9 Å². The fraction of sp³-hybridized carbons (Fsp3) is 0.400. The molecule has 3 rings (SSSR count). The highest BCUT2D eigenvalue weighted by molar-refractivity contribution is 5.91. The molecule has 10 heteroatoms. The number of amides is 1. The average Bonchev–Trinajstić information content (AvgIpc) is 3.29. The van der Waals surface area contributed by atoms with Gasteiger partial charge in [0.05, 0.1) is 13.4 Å². The van der Waals surface area contributed by atoms with Gasteiger partial charge in [0.25, 0.3) is 5.91 Å². The van der Waals surface area contributed by atoms with E-state index >= 15 is 0 Å². The summed E-state index contributed by atoms with van der Waals surface area (Å²) in [5.41, 5.74) is 0.735. The summed E-state index contributed by atoms with van der Waals surface area (Å²) in [5.74, 6) is 1.07. The molecule has 1 aromatic carbocycles. The van der Waals surface area contributed by atoms with Crippen molar-refractivity contribution >= 4 is 11.9 Å². The maximum atomic E-state index is 12.6. The van der Waals surface area contributed by atoms with Gasteiger partial charge in [-0.2, -0.15) is 8.78 Å². The number of furan rings is 1. The maximum absolute atomic E-state index is 12.6. The van der Waals surface area contributed by atoms with Gasteiger partial charge in [-0.15, -0.1) is 0 Å². The summed E-state index contributed by atoms with van der Waals surface area (Å²) < 4.78 is 40.0. The van der Waals surface area contributed by atoms with Gasteiger partial charge in [0.15, 0.2) is 23.2 Å². The lowest BCUT2D eigenvalue weighted by molar-refractivity contribution is -0.0512. The number of hydrogen-bond donors (Lipinski definition) is 1. The fourth-order valence-corrected chi connectivity index (χ4v) is 3.21. The minimum Gasteiger partial charge on any atom is -0.493 e. The quantitative estimate of drug-likeness (QED) is 0.569. The van der Waals surface area contributed by atoms with Gasteiger partial charge in [-0.05, 0) is 29.8 Å². The molecule has 0 spiro atoms. The Hall–Kier alpha value is -3.30. The summed E-state index contributed by atoms with van der Waals surface area (Å²) in [6.45, 7) is -0.287. The van der Waals surface area contributed by atoms with Crippen molar-refractivity contribution in [2.75, 3.05) is 40.3 Å². The van der Waals surface area contributed by atoms with Gasteiger partial charge in [-0.25, -0.2) is 0 Å². The van der Waals surface area contributed by atoms with Gasteiger partial charge in [-0.3, -0.25) is 9.79 Å². The first kappa shape index (κ1) is 21.4. The summed E-state index contributed by atoms with van der Waals surface area (Å²) in [6.07, 6.45) is 1.48. The second-order valence-electron chi connectivity index (χ2n) is 6.52. The lowest BCUT2D eigenvalue weighted by atomic mass is 10.2.